The van der Waals surface area contributed by atoms with Crippen molar-refractivity contribution in [2.75, 3.05) is 18.8 Å². The Bertz CT molecular complexity index is 457. The van der Waals surface area contributed by atoms with Crippen LogP contribution >= 0.6 is 34.7 Å². The molecule has 1 N–H and O–H groups in total. The van der Waals surface area contributed by atoms with Crippen molar-refractivity contribution in [2.45, 2.75) is 11.3 Å². The standard InChI is InChI=1S/C14H16ClNS2/c15-13-2-1-3-14(10-13)18-9-7-16-6-4-12-5-8-17-11-12/h1-3,5,8,10-11,16H,4,6-7,9H2. The fraction of sp³-hybridized carbons (Fsp3) is 0.286. The van der Waals surface area contributed by atoms with Crippen molar-refractivity contribution in [3.05, 3.63) is 51.7 Å². The minimum absolute atomic E-state index is 0.811. The first-order chi connectivity index (χ1) is 8.84. The molecule has 1 heterocycles. The van der Waals surface area contributed by atoms with Crippen molar-refractivity contribution in [2.24, 2.45) is 0 Å². The average molecular weight is 298 g/mol. The smallest absolute Gasteiger partial charge is 0.0417 e. The summed E-state index contributed by atoms with van der Waals surface area (Å²) >= 11 is 9.54. The van der Waals surface area contributed by atoms with Gasteiger partial charge in [-0.05, 0) is 53.6 Å². The van der Waals surface area contributed by atoms with Crippen molar-refractivity contribution in [1.82, 2.24) is 5.32 Å². The van der Waals surface area contributed by atoms with E-state index in [9.17, 15) is 0 Å². The zero-order valence-electron chi connectivity index (χ0n) is 10.1. The molecule has 0 aliphatic heterocycles. The number of hydrogen-bond donors (Lipinski definition) is 1. The van der Waals surface area contributed by atoms with Gasteiger partial charge in [0.2, 0.25) is 0 Å². The summed E-state index contributed by atoms with van der Waals surface area (Å²) in [5.74, 6) is 1.07. The number of thioether (sulfide) groups is 1. The number of halogens is 1. The lowest BCUT2D eigenvalue weighted by atomic mass is 10.2. The van der Waals surface area contributed by atoms with Crippen LogP contribution in [0.15, 0.2) is 46.0 Å². The highest BCUT2D eigenvalue weighted by molar-refractivity contribution is 7.99. The topological polar surface area (TPSA) is 12.0 Å². The van der Waals surface area contributed by atoms with Gasteiger partial charge in [-0.2, -0.15) is 11.3 Å². The van der Waals surface area contributed by atoms with Crippen LogP contribution in [-0.2, 0) is 6.42 Å². The molecule has 0 saturated carbocycles. The Kier molecular flexibility index (Phi) is 6.08. The number of hydrogen-bond acceptors (Lipinski definition) is 3. The Hall–Kier alpha value is -0.480. The molecule has 2 aromatic rings. The van der Waals surface area contributed by atoms with Crippen LogP contribution < -0.4 is 5.32 Å². The summed E-state index contributed by atoms with van der Waals surface area (Å²) in [6.07, 6.45) is 1.12. The molecule has 0 spiro atoms. The van der Waals surface area contributed by atoms with E-state index >= 15 is 0 Å². The van der Waals surface area contributed by atoms with Crippen molar-refractivity contribution in [1.29, 1.82) is 0 Å². The number of benzene rings is 1. The summed E-state index contributed by atoms with van der Waals surface area (Å²) in [5, 5.41) is 8.61. The molecule has 0 unspecified atom stereocenters. The molecule has 0 bridgehead atoms. The molecule has 18 heavy (non-hydrogen) atoms. The Morgan fingerprint density at radius 3 is 2.94 bits per heavy atom. The zero-order valence-corrected chi connectivity index (χ0v) is 12.5. The van der Waals surface area contributed by atoms with E-state index in [-0.39, 0.29) is 0 Å². The van der Waals surface area contributed by atoms with E-state index in [4.69, 9.17) is 11.6 Å². The number of rotatable bonds is 7. The maximum Gasteiger partial charge on any atom is 0.0417 e. The van der Waals surface area contributed by atoms with Crippen LogP contribution in [0, 0.1) is 0 Å². The third kappa shape index (κ3) is 5.02. The monoisotopic (exact) mass is 297 g/mol. The average Bonchev–Trinajstić information content (AvgIpc) is 2.87. The van der Waals surface area contributed by atoms with E-state index in [0.717, 1.165) is 30.3 Å². The van der Waals surface area contributed by atoms with Gasteiger partial charge < -0.3 is 5.32 Å². The molecule has 1 aromatic heterocycles. The predicted molar refractivity (Wildman–Crippen MR) is 83.1 cm³/mol. The van der Waals surface area contributed by atoms with E-state index in [2.05, 4.69) is 28.2 Å². The van der Waals surface area contributed by atoms with Gasteiger partial charge in [-0.25, -0.2) is 0 Å². The molecule has 0 saturated heterocycles. The highest BCUT2D eigenvalue weighted by atomic mass is 35.5. The van der Waals surface area contributed by atoms with Crippen LogP contribution in [0.5, 0.6) is 0 Å². The molecule has 0 fully saturated rings. The van der Waals surface area contributed by atoms with Crippen molar-refractivity contribution >= 4 is 34.7 Å². The van der Waals surface area contributed by atoms with Gasteiger partial charge in [-0.15, -0.1) is 11.8 Å². The Morgan fingerprint density at radius 1 is 1.22 bits per heavy atom. The number of thiophene rings is 1. The highest BCUT2D eigenvalue weighted by Crippen LogP contribution is 2.20. The lowest BCUT2D eigenvalue weighted by molar-refractivity contribution is 0.722. The van der Waals surface area contributed by atoms with Crippen LogP contribution in [0.25, 0.3) is 0 Å². The lowest BCUT2D eigenvalue weighted by Gasteiger charge is -2.04. The van der Waals surface area contributed by atoms with E-state index in [1.165, 1.54) is 10.5 Å². The fourth-order valence-electron chi connectivity index (χ4n) is 1.59. The van der Waals surface area contributed by atoms with Crippen LogP contribution in [0.3, 0.4) is 0 Å². The largest absolute Gasteiger partial charge is 0.316 e. The van der Waals surface area contributed by atoms with Crippen LogP contribution in [0.4, 0.5) is 0 Å². The van der Waals surface area contributed by atoms with Gasteiger partial charge in [0.05, 0.1) is 0 Å². The highest BCUT2D eigenvalue weighted by Gasteiger charge is 1.96. The molecule has 0 aliphatic carbocycles. The van der Waals surface area contributed by atoms with Crippen LogP contribution in [0.2, 0.25) is 5.02 Å². The summed E-state index contributed by atoms with van der Waals surface area (Å²) in [4.78, 5) is 1.24. The van der Waals surface area contributed by atoms with Gasteiger partial charge >= 0.3 is 0 Å². The van der Waals surface area contributed by atoms with Gasteiger partial charge in [0, 0.05) is 22.2 Å². The second kappa shape index (κ2) is 7.85. The quantitative estimate of drug-likeness (QED) is 0.603. The van der Waals surface area contributed by atoms with Crippen molar-refractivity contribution < 1.29 is 0 Å². The molecule has 96 valence electrons. The maximum absolute atomic E-state index is 5.94. The molecule has 0 aliphatic rings. The first-order valence-electron chi connectivity index (χ1n) is 5.95. The number of nitrogens with one attached hydrogen (secondary N) is 1. The Morgan fingerprint density at radius 2 is 2.17 bits per heavy atom. The summed E-state index contributed by atoms with van der Waals surface area (Å²) in [7, 11) is 0. The zero-order chi connectivity index (χ0) is 12.6. The van der Waals surface area contributed by atoms with E-state index in [0.29, 0.717) is 0 Å². The second-order valence-electron chi connectivity index (χ2n) is 3.94. The molecule has 1 nitrogen and oxygen atoms in total. The molecule has 4 heteroatoms. The normalized spacial score (nSPS) is 10.7. The molecule has 0 radical (unpaired) electrons. The molecular formula is C14H16ClNS2. The Labute approximate surface area is 122 Å². The minimum atomic E-state index is 0.811. The van der Waals surface area contributed by atoms with Gasteiger partial charge in [-0.1, -0.05) is 17.7 Å². The summed E-state index contributed by atoms with van der Waals surface area (Å²) in [6.45, 7) is 2.08. The van der Waals surface area contributed by atoms with Crippen molar-refractivity contribution in [3.63, 3.8) is 0 Å². The van der Waals surface area contributed by atoms with Gasteiger partial charge in [0.1, 0.15) is 0 Å². The summed E-state index contributed by atoms with van der Waals surface area (Å²) < 4.78 is 0. The fourth-order valence-corrected chi connectivity index (χ4v) is 3.42. The Balaban J connectivity index is 1.56. The lowest BCUT2D eigenvalue weighted by Crippen LogP contribution is -2.19. The van der Waals surface area contributed by atoms with Gasteiger partial charge in [-0.3, -0.25) is 0 Å². The maximum atomic E-state index is 5.94. The van der Waals surface area contributed by atoms with Crippen LogP contribution in [0.1, 0.15) is 5.56 Å². The first-order valence-corrected chi connectivity index (χ1v) is 8.25. The molecule has 0 atom stereocenters. The summed E-state index contributed by atoms with van der Waals surface area (Å²) in [5.41, 5.74) is 1.43. The van der Waals surface area contributed by atoms with E-state index < -0.39 is 0 Å². The predicted octanol–water partition coefficient (Wildman–Crippen LogP) is 4.33. The van der Waals surface area contributed by atoms with Gasteiger partial charge in [0.15, 0.2) is 0 Å². The molecule has 2 rings (SSSR count). The van der Waals surface area contributed by atoms with Crippen LogP contribution in [-0.4, -0.2) is 18.8 Å². The second-order valence-corrected chi connectivity index (χ2v) is 6.32. The first kappa shape index (κ1) is 13.9. The summed E-state index contributed by atoms with van der Waals surface area (Å²) in [6, 6.07) is 10.2. The molecule has 1 aromatic carbocycles. The molecular weight excluding hydrogens is 282 g/mol. The third-order valence-electron chi connectivity index (χ3n) is 2.51. The van der Waals surface area contributed by atoms with Gasteiger partial charge in [0.25, 0.3) is 0 Å². The molecule has 0 amide bonds. The minimum Gasteiger partial charge on any atom is -0.316 e. The third-order valence-corrected chi connectivity index (χ3v) is 4.48. The van der Waals surface area contributed by atoms with E-state index in [1.807, 2.05) is 30.0 Å². The SMILES string of the molecule is Clc1cccc(SCCNCCc2ccsc2)c1. The van der Waals surface area contributed by atoms with Crippen molar-refractivity contribution in [3.8, 4) is 0 Å². The van der Waals surface area contributed by atoms with E-state index in [1.54, 1.807) is 11.3 Å².